The van der Waals surface area contributed by atoms with Crippen LogP contribution in [0.25, 0.3) is 33.2 Å². The first-order chi connectivity index (χ1) is 18.7. The minimum absolute atomic E-state index is 0.107. The highest BCUT2D eigenvalue weighted by atomic mass is 32.1. The lowest BCUT2D eigenvalue weighted by Crippen LogP contribution is -2.16. The monoisotopic (exact) mass is 554 g/mol. The van der Waals surface area contributed by atoms with Gasteiger partial charge in [-0.1, -0.05) is 41.7 Å². The first-order valence-corrected chi connectivity index (χ1v) is 12.3. The zero-order chi connectivity index (χ0) is 27.6. The minimum atomic E-state index is -4.90. The number of rotatable bonds is 7. The van der Waals surface area contributed by atoms with E-state index >= 15 is 0 Å². The van der Waals surface area contributed by atoms with Crippen molar-refractivity contribution in [1.82, 2.24) is 24.7 Å². The highest BCUT2D eigenvalue weighted by Gasteiger charge is 2.36. The number of hydrogen-bond donors (Lipinski definition) is 2. The second kappa shape index (κ2) is 10.7. The van der Waals surface area contributed by atoms with Gasteiger partial charge in [0.2, 0.25) is 0 Å². The fourth-order valence-electron chi connectivity index (χ4n) is 3.79. The smallest absolute Gasteiger partial charge is 0.394 e. The van der Waals surface area contributed by atoms with Crippen molar-refractivity contribution < 1.29 is 27.5 Å². The Hall–Kier alpha value is -4.49. The SMILES string of the molecule is O=C(Nc1sc(-c2cnn(CCO)c2)nc1-c1ccccc1)c1cc(-c2ncccn2)c(C(F)(F)F)cc1F. The number of carbonyl (C=O) groups excluding carboxylic acids is 1. The first-order valence-electron chi connectivity index (χ1n) is 11.4. The lowest BCUT2D eigenvalue weighted by molar-refractivity contribution is -0.137. The van der Waals surface area contributed by atoms with E-state index in [1.165, 1.54) is 23.1 Å². The van der Waals surface area contributed by atoms with E-state index < -0.39 is 34.6 Å². The molecule has 0 unspecified atom stereocenters. The summed E-state index contributed by atoms with van der Waals surface area (Å²) in [7, 11) is 0. The van der Waals surface area contributed by atoms with Crippen molar-refractivity contribution in [2.75, 3.05) is 11.9 Å². The second-order valence-electron chi connectivity index (χ2n) is 8.18. The third-order valence-electron chi connectivity index (χ3n) is 5.57. The summed E-state index contributed by atoms with van der Waals surface area (Å²) in [4.78, 5) is 25.6. The van der Waals surface area contributed by atoms with Gasteiger partial charge in [0.25, 0.3) is 5.91 Å². The van der Waals surface area contributed by atoms with Crippen molar-refractivity contribution in [2.45, 2.75) is 12.7 Å². The third kappa shape index (κ3) is 5.54. The molecule has 2 N–H and O–H groups in total. The quantitative estimate of drug-likeness (QED) is 0.256. The van der Waals surface area contributed by atoms with E-state index in [0.717, 1.165) is 17.4 Å². The highest BCUT2D eigenvalue weighted by Crippen LogP contribution is 2.40. The van der Waals surface area contributed by atoms with Crippen LogP contribution in [0.1, 0.15) is 15.9 Å². The van der Waals surface area contributed by atoms with Gasteiger partial charge in [-0.15, -0.1) is 0 Å². The Bertz CT molecular complexity index is 1620. The van der Waals surface area contributed by atoms with E-state index in [-0.39, 0.29) is 30.0 Å². The number of aliphatic hydroxyl groups is 1. The first kappa shape index (κ1) is 26.1. The number of nitrogens with zero attached hydrogens (tertiary/aromatic N) is 5. The van der Waals surface area contributed by atoms with Crippen molar-refractivity contribution in [2.24, 2.45) is 0 Å². The second-order valence-corrected chi connectivity index (χ2v) is 9.18. The van der Waals surface area contributed by atoms with Gasteiger partial charge < -0.3 is 10.4 Å². The third-order valence-corrected chi connectivity index (χ3v) is 6.59. The summed E-state index contributed by atoms with van der Waals surface area (Å²) in [6.45, 7) is 0.172. The molecule has 0 aliphatic carbocycles. The molecule has 13 heteroatoms. The van der Waals surface area contributed by atoms with Crippen LogP contribution in [0.2, 0.25) is 0 Å². The highest BCUT2D eigenvalue weighted by molar-refractivity contribution is 7.19. The predicted molar refractivity (Wildman–Crippen MR) is 136 cm³/mol. The zero-order valence-electron chi connectivity index (χ0n) is 19.9. The largest absolute Gasteiger partial charge is 0.417 e. The molecule has 1 amide bonds. The number of thiazole rings is 1. The van der Waals surface area contributed by atoms with Crippen molar-refractivity contribution in [3.8, 4) is 33.2 Å². The fourth-order valence-corrected chi connectivity index (χ4v) is 4.75. The molecular formula is C26H18F4N6O2S. The Kier molecular flexibility index (Phi) is 7.17. The number of alkyl halides is 3. The molecule has 0 aliphatic heterocycles. The number of hydrogen-bond acceptors (Lipinski definition) is 7. The average Bonchev–Trinajstić information content (AvgIpc) is 3.56. The molecule has 3 aromatic heterocycles. The van der Waals surface area contributed by atoms with Gasteiger partial charge >= 0.3 is 6.18 Å². The van der Waals surface area contributed by atoms with Gasteiger partial charge in [0.1, 0.15) is 21.5 Å². The van der Waals surface area contributed by atoms with E-state index in [0.29, 0.717) is 21.8 Å². The summed E-state index contributed by atoms with van der Waals surface area (Å²) in [5.74, 6) is -2.62. The standard InChI is InChI=1S/C26H18F4N6O2S/c27-20-12-19(26(28,29)30)17(22-31-7-4-8-32-22)11-18(20)23(38)35-25-21(15-5-2-1-3-6-15)34-24(39-25)16-13-33-36(14-16)9-10-37/h1-8,11-14,37H,9-10H2,(H,35,38). The molecule has 2 aromatic carbocycles. The van der Waals surface area contributed by atoms with Crippen molar-refractivity contribution in [3.63, 3.8) is 0 Å². The van der Waals surface area contributed by atoms with Crippen LogP contribution in [0.4, 0.5) is 22.6 Å². The molecule has 0 saturated heterocycles. The van der Waals surface area contributed by atoms with E-state index in [1.54, 1.807) is 42.7 Å². The van der Waals surface area contributed by atoms with E-state index in [9.17, 15) is 22.4 Å². The van der Waals surface area contributed by atoms with Crippen LogP contribution >= 0.6 is 11.3 Å². The Balaban J connectivity index is 1.56. The number of carbonyl (C=O) groups is 1. The van der Waals surface area contributed by atoms with Crippen LogP contribution in [-0.2, 0) is 12.7 Å². The summed E-state index contributed by atoms with van der Waals surface area (Å²) in [6, 6.07) is 11.4. The molecule has 198 valence electrons. The minimum Gasteiger partial charge on any atom is -0.394 e. The summed E-state index contributed by atoms with van der Waals surface area (Å²) in [6.07, 6.45) is 0.823. The van der Waals surface area contributed by atoms with Crippen molar-refractivity contribution >= 4 is 22.2 Å². The Morgan fingerprint density at radius 3 is 2.49 bits per heavy atom. The molecule has 3 heterocycles. The Labute approximate surface area is 222 Å². The number of anilines is 1. The maximum Gasteiger partial charge on any atom is 0.417 e. The van der Waals surface area contributed by atoms with E-state index in [4.69, 9.17) is 5.11 Å². The molecule has 5 aromatic rings. The number of halogens is 4. The van der Waals surface area contributed by atoms with Crippen LogP contribution in [0.5, 0.6) is 0 Å². The van der Waals surface area contributed by atoms with Gasteiger partial charge in [-0.2, -0.15) is 18.3 Å². The molecule has 0 atom stereocenters. The van der Waals surface area contributed by atoms with Gasteiger partial charge in [-0.3, -0.25) is 9.48 Å². The topological polar surface area (TPSA) is 106 Å². The fraction of sp³-hybridized carbons (Fsp3) is 0.115. The van der Waals surface area contributed by atoms with Crippen LogP contribution < -0.4 is 5.32 Å². The van der Waals surface area contributed by atoms with Crippen LogP contribution in [0, 0.1) is 5.82 Å². The Morgan fingerprint density at radius 1 is 1.05 bits per heavy atom. The normalized spacial score (nSPS) is 11.5. The van der Waals surface area contributed by atoms with Gasteiger partial charge in [-0.05, 0) is 18.2 Å². The predicted octanol–water partition coefficient (Wildman–Crippen LogP) is 5.53. The number of aromatic nitrogens is 5. The maximum absolute atomic E-state index is 15.0. The molecule has 0 saturated carbocycles. The molecular weight excluding hydrogens is 536 g/mol. The molecule has 0 aliphatic rings. The average molecular weight is 555 g/mol. The molecule has 0 bridgehead atoms. The van der Waals surface area contributed by atoms with Crippen LogP contribution in [0.3, 0.4) is 0 Å². The number of nitrogens with one attached hydrogen (secondary N) is 1. The lowest BCUT2D eigenvalue weighted by Gasteiger charge is -2.14. The summed E-state index contributed by atoms with van der Waals surface area (Å²) in [5, 5.41) is 16.7. The van der Waals surface area contributed by atoms with Gasteiger partial charge in [0.15, 0.2) is 5.82 Å². The number of aliphatic hydroxyl groups excluding tert-OH is 1. The number of amides is 1. The van der Waals surface area contributed by atoms with E-state index in [2.05, 4.69) is 25.4 Å². The summed E-state index contributed by atoms with van der Waals surface area (Å²) < 4.78 is 57.6. The van der Waals surface area contributed by atoms with Crippen LogP contribution in [0.15, 0.2) is 73.3 Å². The molecule has 0 fully saturated rings. The van der Waals surface area contributed by atoms with Gasteiger partial charge in [0, 0.05) is 35.3 Å². The molecule has 0 radical (unpaired) electrons. The van der Waals surface area contributed by atoms with Crippen LogP contribution in [-0.4, -0.2) is 42.4 Å². The molecule has 0 spiro atoms. The maximum atomic E-state index is 15.0. The molecule has 8 nitrogen and oxygen atoms in total. The molecule has 5 rings (SSSR count). The lowest BCUT2D eigenvalue weighted by atomic mass is 10.0. The summed E-state index contributed by atoms with van der Waals surface area (Å²) >= 11 is 1.09. The zero-order valence-corrected chi connectivity index (χ0v) is 20.7. The van der Waals surface area contributed by atoms with Gasteiger partial charge in [0.05, 0.1) is 30.5 Å². The Morgan fingerprint density at radius 2 is 1.79 bits per heavy atom. The van der Waals surface area contributed by atoms with E-state index in [1.807, 2.05) is 0 Å². The molecule has 39 heavy (non-hydrogen) atoms. The van der Waals surface area contributed by atoms with Crippen molar-refractivity contribution in [3.05, 3.63) is 90.3 Å². The van der Waals surface area contributed by atoms with Gasteiger partial charge in [-0.25, -0.2) is 19.3 Å². The number of benzene rings is 2. The van der Waals surface area contributed by atoms with Crippen molar-refractivity contribution in [1.29, 1.82) is 0 Å². The summed E-state index contributed by atoms with van der Waals surface area (Å²) in [5.41, 5.74) is -0.778.